The number of carbonyl (C=O) groups is 1. The van der Waals surface area contributed by atoms with E-state index in [0.717, 1.165) is 24.0 Å². The number of piperazine rings is 1. The number of hydrogen-bond donors (Lipinski definition) is 1. The summed E-state index contributed by atoms with van der Waals surface area (Å²) < 4.78 is 4.99. The Balaban J connectivity index is 1.42. The average molecular weight is 326 g/mol. The molecule has 0 bridgehead atoms. The second kappa shape index (κ2) is 6.04. The lowest BCUT2D eigenvalue weighted by atomic mass is 10.1. The monoisotopic (exact) mass is 326 g/mol. The van der Waals surface area contributed by atoms with Crippen LogP contribution in [0, 0.1) is 6.92 Å². The van der Waals surface area contributed by atoms with Crippen LogP contribution >= 0.6 is 0 Å². The highest BCUT2D eigenvalue weighted by Gasteiger charge is 2.24. The Labute approximate surface area is 138 Å². The van der Waals surface area contributed by atoms with E-state index in [1.54, 1.807) is 13.1 Å². The number of rotatable bonds is 3. The van der Waals surface area contributed by atoms with Gasteiger partial charge in [-0.05, 0) is 6.07 Å². The SMILES string of the molecule is Cc1nc(CN2CCN(C(=O)c3cccc4cn[nH]c34)CC2)no1. The minimum Gasteiger partial charge on any atom is -0.340 e. The molecule has 1 aliphatic rings. The van der Waals surface area contributed by atoms with Gasteiger partial charge in [-0.3, -0.25) is 14.8 Å². The third-order valence-corrected chi connectivity index (χ3v) is 4.30. The molecule has 1 aromatic carbocycles. The number of aryl methyl sites for hydroxylation is 1. The molecule has 8 heteroatoms. The molecule has 3 heterocycles. The minimum absolute atomic E-state index is 0.0416. The summed E-state index contributed by atoms with van der Waals surface area (Å²) >= 11 is 0. The smallest absolute Gasteiger partial charge is 0.256 e. The molecular formula is C16H18N6O2. The number of benzene rings is 1. The van der Waals surface area contributed by atoms with Gasteiger partial charge >= 0.3 is 0 Å². The van der Waals surface area contributed by atoms with Crippen molar-refractivity contribution in [3.63, 3.8) is 0 Å². The van der Waals surface area contributed by atoms with Crippen LogP contribution in [0.3, 0.4) is 0 Å². The van der Waals surface area contributed by atoms with Gasteiger partial charge in [-0.25, -0.2) is 0 Å². The summed E-state index contributed by atoms with van der Waals surface area (Å²) in [7, 11) is 0. The zero-order valence-corrected chi connectivity index (χ0v) is 13.4. The number of aromatic nitrogens is 4. The van der Waals surface area contributed by atoms with E-state index in [9.17, 15) is 4.79 Å². The largest absolute Gasteiger partial charge is 0.340 e. The van der Waals surface area contributed by atoms with Crippen molar-refractivity contribution in [2.24, 2.45) is 0 Å². The summed E-state index contributed by atoms with van der Waals surface area (Å²) in [5.74, 6) is 1.31. The molecule has 1 fully saturated rings. The summed E-state index contributed by atoms with van der Waals surface area (Å²) in [6.45, 7) is 5.37. The van der Waals surface area contributed by atoms with Gasteiger partial charge in [0.15, 0.2) is 5.82 Å². The minimum atomic E-state index is 0.0416. The van der Waals surface area contributed by atoms with Gasteiger partial charge in [-0.2, -0.15) is 10.1 Å². The zero-order valence-electron chi connectivity index (χ0n) is 13.4. The standard InChI is InChI=1S/C16H18N6O2/c1-11-18-14(20-24-11)10-21-5-7-22(8-6-21)16(23)13-4-2-3-12-9-17-19-15(12)13/h2-4,9H,5-8,10H2,1H3,(H,17,19). The Morgan fingerprint density at radius 1 is 1.29 bits per heavy atom. The predicted molar refractivity (Wildman–Crippen MR) is 86.3 cm³/mol. The molecule has 0 spiro atoms. The first-order chi connectivity index (χ1) is 11.7. The fourth-order valence-electron chi connectivity index (χ4n) is 3.03. The Bertz CT molecular complexity index is 862. The van der Waals surface area contributed by atoms with Gasteiger partial charge in [-0.1, -0.05) is 17.3 Å². The first-order valence-corrected chi connectivity index (χ1v) is 7.93. The van der Waals surface area contributed by atoms with E-state index in [-0.39, 0.29) is 5.91 Å². The highest BCUT2D eigenvalue weighted by atomic mass is 16.5. The lowest BCUT2D eigenvalue weighted by Crippen LogP contribution is -2.48. The van der Waals surface area contributed by atoms with Crippen LogP contribution in [0.15, 0.2) is 28.9 Å². The molecule has 1 amide bonds. The molecule has 4 rings (SSSR count). The summed E-state index contributed by atoms with van der Waals surface area (Å²) in [4.78, 5) is 21.1. The van der Waals surface area contributed by atoms with E-state index >= 15 is 0 Å². The second-order valence-corrected chi connectivity index (χ2v) is 5.94. The molecule has 0 saturated carbocycles. The number of hydrogen-bond acceptors (Lipinski definition) is 6. The van der Waals surface area contributed by atoms with Crippen LogP contribution in [0.1, 0.15) is 22.1 Å². The van der Waals surface area contributed by atoms with Gasteiger partial charge in [0.25, 0.3) is 5.91 Å². The summed E-state index contributed by atoms with van der Waals surface area (Å²) in [5, 5.41) is 11.8. The Kier molecular flexibility index (Phi) is 3.73. The lowest BCUT2D eigenvalue weighted by Gasteiger charge is -2.34. The third-order valence-electron chi connectivity index (χ3n) is 4.30. The Morgan fingerprint density at radius 3 is 2.88 bits per heavy atom. The summed E-state index contributed by atoms with van der Waals surface area (Å²) in [6, 6.07) is 5.68. The summed E-state index contributed by atoms with van der Waals surface area (Å²) in [5.41, 5.74) is 1.47. The maximum absolute atomic E-state index is 12.8. The summed E-state index contributed by atoms with van der Waals surface area (Å²) in [6.07, 6.45) is 1.73. The van der Waals surface area contributed by atoms with Crippen LogP contribution in [-0.2, 0) is 6.54 Å². The number of amides is 1. The van der Waals surface area contributed by atoms with Gasteiger partial charge in [0.2, 0.25) is 5.89 Å². The highest BCUT2D eigenvalue weighted by Crippen LogP contribution is 2.18. The quantitative estimate of drug-likeness (QED) is 0.778. The van der Waals surface area contributed by atoms with Crippen LogP contribution in [0.2, 0.25) is 0 Å². The topological polar surface area (TPSA) is 91.2 Å². The fourth-order valence-corrected chi connectivity index (χ4v) is 3.03. The molecule has 3 aromatic rings. The van der Waals surface area contributed by atoms with Crippen molar-refractivity contribution >= 4 is 16.8 Å². The van der Waals surface area contributed by atoms with Gasteiger partial charge in [0, 0.05) is 38.5 Å². The lowest BCUT2D eigenvalue weighted by molar-refractivity contribution is 0.0626. The van der Waals surface area contributed by atoms with Crippen molar-refractivity contribution in [2.45, 2.75) is 13.5 Å². The van der Waals surface area contributed by atoms with Crippen LogP contribution in [0.4, 0.5) is 0 Å². The van der Waals surface area contributed by atoms with E-state index in [2.05, 4.69) is 25.2 Å². The number of fused-ring (bicyclic) bond motifs is 1. The van der Waals surface area contributed by atoms with Gasteiger partial charge in [0.1, 0.15) is 0 Å². The number of aromatic amines is 1. The van der Waals surface area contributed by atoms with Crippen LogP contribution in [-0.4, -0.2) is 62.2 Å². The number of nitrogens with zero attached hydrogens (tertiary/aromatic N) is 5. The number of H-pyrrole nitrogens is 1. The van der Waals surface area contributed by atoms with E-state index in [4.69, 9.17) is 4.52 Å². The number of nitrogens with one attached hydrogen (secondary N) is 1. The van der Waals surface area contributed by atoms with E-state index in [1.807, 2.05) is 23.1 Å². The van der Waals surface area contributed by atoms with Crippen molar-refractivity contribution in [3.05, 3.63) is 41.7 Å². The van der Waals surface area contributed by atoms with Gasteiger partial charge in [0.05, 0.1) is 23.8 Å². The molecule has 124 valence electrons. The molecule has 24 heavy (non-hydrogen) atoms. The Morgan fingerprint density at radius 2 is 2.12 bits per heavy atom. The van der Waals surface area contributed by atoms with Crippen molar-refractivity contribution in [3.8, 4) is 0 Å². The van der Waals surface area contributed by atoms with Crippen molar-refractivity contribution < 1.29 is 9.32 Å². The van der Waals surface area contributed by atoms with E-state index in [0.29, 0.717) is 36.9 Å². The zero-order chi connectivity index (χ0) is 16.5. The number of para-hydroxylation sites is 1. The average Bonchev–Trinajstić information content (AvgIpc) is 3.23. The van der Waals surface area contributed by atoms with Gasteiger partial charge < -0.3 is 9.42 Å². The van der Waals surface area contributed by atoms with Crippen molar-refractivity contribution in [2.75, 3.05) is 26.2 Å². The molecule has 1 saturated heterocycles. The molecule has 1 N–H and O–H groups in total. The molecule has 1 aliphatic heterocycles. The third kappa shape index (κ3) is 2.76. The normalized spacial score (nSPS) is 16.0. The van der Waals surface area contributed by atoms with Crippen molar-refractivity contribution in [1.82, 2.24) is 30.1 Å². The molecule has 0 radical (unpaired) electrons. The molecular weight excluding hydrogens is 308 g/mol. The Hall–Kier alpha value is -2.74. The van der Waals surface area contributed by atoms with E-state index < -0.39 is 0 Å². The fraction of sp³-hybridized carbons (Fsp3) is 0.375. The first kappa shape index (κ1) is 14.8. The van der Waals surface area contributed by atoms with E-state index in [1.165, 1.54) is 0 Å². The molecule has 0 aliphatic carbocycles. The highest BCUT2D eigenvalue weighted by molar-refractivity contribution is 6.05. The maximum atomic E-state index is 12.8. The first-order valence-electron chi connectivity index (χ1n) is 7.93. The number of carbonyl (C=O) groups excluding carboxylic acids is 1. The molecule has 0 unspecified atom stereocenters. The van der Waals surface area contributed by atoms with Gasteiger partial charge in [-0.15, -0.1) is 0 Å². The van der Waals surface area contributed by atoms with Crippen LogP contribution in [0.5, 0.6) is 0 Å². The van der Waals surface area contributed by atoms with Crippen LogP contribution in [0.25, 0.3) is 10.9 Å². The predicted octanol–water partition coefficient (Wildman–Crippen LogP) is 1.21. The molecule has 2 aromatic heterocycles. The molecule has 0 atom stereocenters. The molecule has 8 nitrogen and oxygen atoms in total. The maximum Gasteiger partial charge on any atom is 0.256 e. The van der Waals surface area contributed by atoms with Crippen molar-refractivity contribution in [1.29, 1.82) is 0 Å². The van der Waals surface area contributed by atoms with Crippen LogP contribution < -0.4 is 0 Å². The second-order valence-electron chi connectivity index (χ2n) is 5.94.